The minimum absolute atomic E-state index is 0.0224. The van der Waals surface area contributed by atoms with E-state index in [4.69, 9.17) is 14.2 Å². The first kappa shape index (κ1) is 25.0. The van der Waals surface area contributed by atoms with Crippen LogP contribution in [0.15, 0.2) is 66.7 Å². The van der Waals surface area contributed by atoms with E-state index in [0.717, 1.165) is 29.0 Å². The van der Waals surface area contributed by atoms with Crippen LogP contribution in [0.4, 0.5) is 0 Å². The van der Waals surface area contributed by atoms with Crippen molar-refractivity contribution in [3.63, 3.8) is 0 Å². The van der Waals surface area contributed by atoms with E-state index in [2.05, 4.69) is 17.4 Å². The largest absolute Gasteiger partial charge is 0.508 e. The molecular formula is C28H33NO6. The van der Waals surface area contributed by atoms with Crippen LogP contribution in [0.5, 0.6) is 17.2 Å². The van der Waals surface area contributed by atoms with Gasteiger partial charge in [0.1, 0.15) is 12.4 Å². The lowest BCUT2D eigenvalue weighted by Crippen LogP contribution is -2.33. The number of hydrogen-bond donors (Lipinski definition) is 4. The van der Waals surface area contributed by atoms with Crippen molar-refractivity contribution in [1.29, 1.82) is 0 Å². The summed E-state index contributed by atoms with van der Waals surface area (Å²) >= 11 is 0. The molecule has 0 bridgehead atoms. The average Bonchev–Trinajstić information content (AvgIpc) is 2.90. The van der Waals surface area contributed by atoms with Gasteiger partial charge >= 0.3 is 0 Å². The van der Waals surface area contributed by atoms with E-state index in [1.165, 1.54) is 6.07 Å². The summed E-state index contributed by atoms with van der Waals surface area (Å²) in [6, 6.07) is 20.8. The number of benzene rings is 3. The Bertz CT molecular complexity index is 1090. The van der Waals surface area contributed by atoms with Crippen LogP contribution in [0.3, 0.4) is 0 Å². The second-order valence-corrected chi connectivity index (χ2v) is 8.73. The average molecular weight is 480 g/mol. The number of aliphatic hydroxyl groups excluding tert-OH is 2. The molecular weight excluding hydrogens is 446 g/mol. The summed E-state index contributed by atoms with van der Waals surface area (Å²) in [7, 11) is 0. The highest BCUT2D eigenvalue weighted by Gasteiger charge is 2.22. The number of fused-ring (bicyclic) bond motifs is 1. The van der Waals surface area contributed by atoms with Crippen LogP contribution >= 0.6 is 0 Å². The van der Waals surface area contributed by atoms with Gasteiger partial charge in [-0.15, -0.1) is 0 Å². The van der Waals surface area contributed by atoms with Crippen molar-refractivity contribution in [1.82, 2.24) is 5.32 Å². The molecule has 1 unspecified atom stereocenters. The topological polar surface area (TPSA) is 100 Å². The molecule has 4 rings (SSSR count). The molecule has 0 radical (unpaired) electrons. The van der Waals surface area contributed by atoms with Crippen LogP contribution in [0.2, 0.25) is 0 Å². The van der Waals surface area contributed by atoms with Crippen LogP contribution in [0, 0.1) is 0 Å². The molecule has 1 heterocycles. The van der Waals surface area contributed by atoms with Crippen LogP contribution in [-0.4, -0.2) is 47.7 Å². The van der Waals surface area contributed by atoms with Gasteiger partial charge in [-0.2, -0.15) is 0 Å². The zero-order valence-electron chi connectivity index (χ0n) is 19.9. The van der Waals surface area contributed by atoms with Crippen LogP contribution in [0.1, 0.15) is 41.4 Å². The monoisotopic (exact) mass is 479 g/mol. The van der Waals surface area contributed by atoms with Crippen LogP contribution < -0.4 is 14.8 Å². The molecule has 0 aromatic heterocycles. The summed E-state index contributed by atoms with van der Waals surface area (Å²) < 4.78 is 18.0. The molecule has 3 aromatic rings. The van der Waals surface area contributed by atoms with E-state index in [1.807, 2.05) is 43.3 Å². The second kappa shape index (κ2) is 12.0. The molecule has 7 nitrogen and oxygen atoms in total. The highest BCUT2D eigenvalue weighted by molar-refractivity contribution is 5.44. The Hall–Kier alpha value is -3.10. The lowest BCUT2D eigenvalue weighted by Gasteiger charge is -2.28. The summed E-state index contributed by atoms with van der Waals surface area (Å²) in [6.07, 6.45) is -0.176. The van der Waals surface area contributed by atoms with E-state index in [1.54, 1.807) is 12.1 Å². The van der Waals surface area contributed by atoms with Crippen molar-refractivity contribution >= 4 is 0 Å². The zero-order chi connectivity index (χ0) is 24.6. The number of phenols is 1. The molecule has 0 amide bonds. The normalized spacial score (nSPS) is 16.6. The SMILES string of the molecule is C[C@@H](OC[C@@H]1COc2ccc(CCNCC(O)c3ccc(O)c(CO)c3)cc2O1)c1ccccc1. The Morgan fingerprint density at radius 3 is 2.66 bits per heavy atom. The quantitative estimate of drug-likeness (QED) is 0.311. The lowest BCUT2D eigenvalue weighted by atomic mass is 10.1. The Labute approximate surface area is 205 Å². The maximum atomic E-state index is 10.4. The van der Waals surface area contributed by atoms with Gasteiger partial charge in [0.15, 0.2) is 17.6 Å². The van der Waals surface area contributed by atoms with Crippen molar-refractivity contribution in [3.8, 4) is 17.2 Å². The van der Waals surface area contributed by atoms with Gasteiger partial charge in [-0.25, -0.2) is 0 Å². The van der Waals surface area contributed by atoms with Crippen molar-refractivity contribution < 1.29 is 29.5 Å². The first-order valence-electron chi connectivity index (χ1n) is 11.9. The van der Waals surface area contributed by atoms with Crippen molar-refractivity contribution in [2.45, 2.75) is 38.3 Å². The first-order chi connectivity index (χ1) is 17.0. The van der Waals surface area contributed by atoms with Gasteiger partial charge in [0.25, 0.3) is 0 Å². The molecule has 3 atom stereocenters. The van der Waals surface area contributed by atoms with Gasteiger partial charge in [-0.1, -0.05) is 42.5 Å². The number of aliphatic hydroxyl groups is 2. The predicted molar refractivity (Wildman–Crippen MR) is 133 cm³/mol. The summed E-state index contributed by atoms with van der Waals surface area (Å²) in [5.41, 5.74) is 3.27. The molecule has 1 aliphatic rings. The fourth-order valence-corrected chi connectivity index (χ4v) is 4.00. The number of ether oxygens (including phenoxy) is 3. The van der Waals surface area contributed by atoms with E-state index in [0.29, 0.717) is 37.4 Å². The van der Waals surface area contributed by atoms with Crippen LogP contribution in [0.25, 0.3) is 0 Å². The van der Waals surface area contributed by atoms with E-state index in [9.17, 15) is 15.3 Å². The highest BCUT2D eigenvalue weighted by Crippen LogP contribution is 2.33. The molecule has 0 saturated heterocycles. The second-order valence-electron chi connectivity index (χ2n) is 8.73. The highest BCUT2D eigenvalue weighted by atomic mass is 16.6. The molecule has 35 heavy (non-hydrogen) atoms. The van der Waals surface area contributed by atoms with E-state index >= 15 is 0 Å². The fourth-order valence-electron chi connectivity index (χ4n) is 4.00. The molecule has 7 heteroatoms. The Balaban J connectivity index is 1.23. The summed E-state index contributed by atoms with van der Waals surface area (Å²) in [4.78, 5) is 0. The van der Waals surface area contributed by atoms with Crippen molar-refractivity contribution in [2.75, 3.05) is 26.3 Å². The zero-order valence-corrected chi connectivity index (χ0v) is 19.9. The Morgan fingerprint density at radius 2 is 1.86 bits per heavy atom. The first-order valence-corrected chi connectivity index (χ1v) is 11.9. The number of hydrogen-bond acceptors (Lipinski definition) is 7. The van der Waals surface area contributed by atoms with Crippen molar-refractivity contribution in [2.24, 2.45) is 0 Å². The Morgan fingerprint density at radius 1 is 1.03 bits per heavy atom. The molecule has 0 spiro atoms. The van der Waals surface area contributed by atoms with Gasteiger partial charge in [0, 0.05) is 12.1 Å². The fraction of sp³-hybridized carbons (Fsp3) is 0.357. The maximum Gasteiger partial charge on any atom is 0.162 e. The Kier molecular flexibility index (Phi) is 8.60. The summed E-state index contributed by atoms with van der Waals surface area (Å²) in [6.45, 7) is 3.67. The molecule has 0 fully saturated rings. The summed E-state index contributed by atoms with van der Waals surface area (Å²) in [5.74, 6) is 1.47. The van der Waals surface area contributed by atoms with Gasteiger partial charge < -0.3 is 34.8 Å². The van der Waals surface area contributed by atoms with Gasteiger partial charge in [-0.3, -0.25) is 0 Å². The molecule has 3 aromatic carbocycles. The predicted octanol–water partition coefficient (Wildman–Crippen LogP) is 3.67. The van der Waals surface area contributed by atoms with Gasteiger partial charge in [0.05, 0.1) is 25.4 Å². The standard InChI is InChI=1S/C28H33NO6/c1-19(21-5-3-2-4-6-21)33-17-24-18-34-27-10-7-20(13-28(27)35-24)11-12-29-15-26(32)22-8-9-25(31)23(14-22)16-30/h2-10,13-14,19,24,26,29-32H,11-12,15-18H2,1H3/t19-,24-,26?/m1/s1. The lowest BCUT2D eigenvalue weighted by molar-refractivity contribution is -0.0205. The molecule has 1 aliphatic heterocycles. The van der Waals surface area contributed by atoms with Gasteiger partial charge in [-0.05, 0) is 60.8 Å². The maximum absolute atomic E-state index is 10.4. The third-order valence-electron chi connectivity index (χ3n) is 6.11. The van der Waals surface area contributed by atoms with E-state index in [-0.39, 0.29) is 24.6 Å². The van der Waals surface area contributed by atoms with E-state index < -0.39 is 6.10 Å². The molecule has 0 saturated carbocycles. The van der Waals surface area contributed by atoms with Gasteiger partial charge in [0.2, 0.25) is 0 Å². The minimum Gasteiger partial charge on any atom is -0.508 e. The molecule has 0 aliphatic carbocycles. The van der Waals surface area contributed by atoms with Crippen LogP contribution in [-0.2, 0) is 17.8 Å². The molecule has 4 N–H and O–H groups in total. The third kappa shape index (κ3) is 6.74. The number of rotatable bonds is 11. The minimum atomic E-state index is -0.736. The van der Waals surface area contributed by atoms with Crippen molar-refractivity contribution in [3.05, 3.63) is 89.0 Å². The third-order valence-corrected chi connectivity index (χ3v) is 6.11. The molecule has 186 valence electrons. The summed E-state index contributed by atoms with van der Waals surface area (Å²) in [5, 5.41) is 32.6. The smallest absolute Gasteiger partial charge is 0.162 e. The number of aromatic hydroxyl groups is 1. The number of nitrogens with one attached hydrogen (secondary N) is 1.